The number of hydrogen-bond acceptors (Lipinski definition) is 5. The number of carbonyl (C=O) groups is 2. The average molecular weight is 449 g/mol. The number of rotatable bonds is 5. The maximum Gasteiger partial charge on any atom is 0.322 e. The first kappa shape index (κ1) is 19.9. The van der Waals surface area contributed by atoms with E-state index in [9.17, 15) is 9.59 Å². The lowest BCUT2D eigenvalue weighted by Gasteiger charge is -2.35. The Hall–Kier alpha value is -2.81. The van der Waals surface area contributed by atoms with Crippen molar-refractivity contribution in [1.82, 2.24) is 15.4 Å². The minimum Gasteiger partial charge on any atom is -0.496 e. The minimum absolute atomic E-state index is 0.277. The summed E-state index contributed by atoms with van der Waals surface area (Å²) in [6.45, 7) is 5.77. The molecule has 0 fully saturated rings. The molecule has 0 spiro atoms. The van der Waals surface area contributed by atoms with Gasteiger partial charge in [0, 0.05) is 28.3 Å². The van der Waals surface area contributed by atoms with Gasteiger partial charge in [-0.1, -0.05) is 21.1 Å². The molecule has 9 heteroatoms. The van der Waals surface area contributed by atoms with Crippen LogP contribution in [0.15, 0.2) is 44.5 Å². The number of aromatic nitrogens is 1. The molecule has 0 radical (unpaired) electrons. The number of amides is 3. The first-order valence-corrected chi connectivity index (χ1v) is 9.51. The van der Waals surface area contributed by atoms with Crippen LogP contribution in [-0.4, -0.2) is 35.6 Å². The fourth-order valence-corrected chi connectivity index (χ4v) is 3.61. The average Bonchev–Trinajstić information content (AvgIpc) is 3.06. The number of ether oxygens (including phenoxy) is 1. The monoisotopic (exact) mass is 448 g/mol. The van der Waals surface area contributed by atoms with E-state index in [2.05, 4.69) is 31.7 Å². The molecule has 1 aromatic carbocycles. The van der Waals surface area contributed by atoms with Gasteiger partial charge in [-0.05, 0) is 39.0 Å². The van der Waals surface area contributed by atoms with Gasteiger partial charge in [-0.2, -0.15) is 0 Å². The SMILES string of the molecule is CCN1C(=O)NC(c2cc(Br)ccc2OC)C(C(=O)Nc2cc(C)on2)=C1C. The Morgan fingerprint density at radius 2 is 2.14 bits per heavy atom. The van der Waals surface area contributed by atoms with Gasteiger partial charge < -0.3 is 19.9 Å². The molecule has 1 aliphatic heterocycles. The zero-order chi connectivity index (χ0) is 20.4. The Morgan fingerprint density at radius 1 is 1.39 bits per heavy atom. The zero-order valence-electron chi connectivity index (χ0n) is 16.0. The number of carbonyl (C=O) groups excluding carboxylic acids is 2. The number of anilines is 1. The second-order valence-electron chi connectivity index (χ2n) is 6.29. The number of hydrogen-bond donors (Lipinski definition) is 2. The van der Waals surface area contributed by atoms with Gasteiger partial charge >= 0.3 is 6.03 Å². The summed E-state index contributed by atoms with van der Waals surface area (Å²) in [5.41, 5.74) is 1.64. The van der Waals surface area contributed by atoms with Crippen LogP contribution in [0.25, 0.3) is 0 Å². The van der Waals surface area contributed by atoms with E-state index in [0.29, 0.717) is 40.7 Å². The molecule has 0 saturated carbocycles. The van der Waals surface area contributed by atoms with Crippen LogP contribution in [0, 0.1) is 6.92 Å². The third kappa shape index (κ3) is 3.75. The number of nitrogens with one attached hydrogen (secondary N) is 2. The van der Waals surface area contributed by atoms with Gasteiger partial charge in [0.25, 0.3) is 5.91 Å². The van der Waals surface area contributed by atoms with Gasteiger partial charge in [0.2, 0.25) is 0 Å². The Morgan fingerprint density at radius 3 is 2.75 bits per heavy atom. The number of benzene rings is 1. The number of aryl methyl sites for hydroxylation is 1. The molecule has 2 heterocycles. The molecule has 28 heavy (non-hydrogen) atoms. The smallest absolute Gasteiger partial charge is 0.322 e. The van der Waals surface area contributed by atoms with Crippen molar-refractivity contribution in [3.63, 3.8) is 0 Å². The topological polar surface area (TPSA) is 96.7 Å². The zero-order valence-corrected chi connectivity index (χ0v) is 17.6. The van der Waals surface area contributed by atoms with Gasteiger partial charge in [-0.15, -0.1) is 0 Å². The van der Waals surface area contributed by atoms with Crippen LogP contribution in [0.5, 0.6) is 5.75 Å². The van der Waals surface area contributed by atoms with Crippen molar-refractivity contribution in [2.75, 3.05) is 19.0 Å². The molecule has 148 valence electrons. The fraction of sp³-hybridized carbons (Fsp3) is 0.316. The number of halogens is 1. The van der Waals surface area contributed by atoms with Crippen LogP contribution in [0.2, 0.25) is 0 Å². The van der Waals surface area contributed by atoms with E-state index in [0.717, 1.165) is 4.47 Å². The second kappa shape index (κ2) is 8.05. The Balaban J connectivity index is 2.09. The van der Waals surface area contributed by atoms with E-state index in [1.54, 1.807) is 33.1 Å². The van der Waals surface area contributed by atoms with Crippen LogP contribution >= 0.6 is 15.9 Å². The molecule has 0 bridgehead atoms. The van der Waals surface area contributed by atoms with Crippen LogP contribution in [0.1, 0.15) is 31.2 Å². The fourth-order valence-electron chi connectivity index (χ4n) is 3.23. The van der Waals surface area contributed by atoms with Crippen molar-refractivity contribution >= 4 is 33.7 Å². The summed E-state index contributed by atoms with van der Waals surface area (Å²) in [6, 6.07) is 6.11. The van der Waals surface area contributed by atoms with E-state index in [4.69, 9.17) is 9.26 Å². The highest BCUT2D eigenvalue weighted by Crippen LogP contribution is 2.37. The van der Waals surface area contributed by atoms with Crippen molar-refractivity contribution < 1.29 is 18.8 Å². The lowest BCUT2D eigenvalue weighted by molar-refractivity contribution is -0.113. The first-order chi connectivity index (χ1) is 13.3. The summed E-state index contributed by atoms with van der Waals surface area (Å²) in [5, 5.41) is 9.47. The van der Waals surface area contributed by atoms with Crippen LogP contribution < -0.4 is 15.4 Å². The molecular weight excluding hydrogens is 428 g/mol. The quantitative estimate of drug-likeness (QED) is 0.725. The van der Waals surface area contributed by atoms with Gasteiger partial charge in [-0.25, -0.2) is 4.79 Å². The lowest BCUT2D eigenvalue weighted by atomic mass is 9.93. The largest absolute Gasteiger partial charge is 0.496 e. The Kier molecular flexibility index (Phi) is 5.73. The van der Waals surface area contributed by atoms with Crippen LogP contribution in [0.4, 0.5) is 10.6 Å². The predicted octanol–water partition coefficient (Wildman–Crippen LogP) is 3.75. The van der Waals surface area contributed by atoms with Crippen LogP contribution in [-0.2, 0) is 4.79 Å². The van der Waals surface area contributed by atoms with Gasteiger partial charge in [0.1, 0.15) is 11.5 Å². The van der Waals surface area contributed by atoms with Crippen molar-refractivity contribution in [2.24, 2.45) is 0 Å². The molecule has 1 aliphatic rings. The number of allylic oxidation sites excluding steroid dienone is 1. The Labute approximate surface area is 171 Å². The molecule has 3 amide bonds. The lowest BCUT2D eigenvalue weighted by Crippen LogP contribution is -2.48. The highest BCUT2D eigenvalue weighted by molar-refractivity contribution is 9.10. The highest BCUT2D eigenvalue weighted by atomic mass is 79.9. The maximum atomic E-state index is 13.1. The highest BCUT2D eigenvalue weighted by Gasteiger charge is 2.36. The van der Waals surface area contributed by atoms with Crippen molar-refractivity contribution in [1.29, 1.82) is 0 Å². The van der Waals surface area contributed by atoms with E-state index in [-0.39, 0.29) is 11.9 Å². The molecule has 1 unspecified atom stereocenters. The third-order valence-electron chi connectivity index (χ3n) is 4.53. The Bertz CT molecular complexity index is 953. The molecule has 2 aromatic rings. The van der Waals surface area contributed by atoms with E-state index in [1.807, 2.05) is 19.1 Å². The number of nitrogens with zero attached hydrogens (tertiary/aromatic N) is 2. The maximum absolute atomic E-state index is 13.1. The second-order valence-corrected chi connectivity index (χ2v) is 7.20. The summed E-state index contributed by atoms with van der Waals surface area (Å²) in [7, 11) is 1.55. The molecule has 8 nitrogen and oxygen atoms in total. The standard InChI is InChI=1S/C19H21BrN4O4/c1-5-24-11(3)16(18(25)21-15-8-10(2)28-23-15)17(22-19(24)26)13-9-12(20)6-7-14(13)27-4/h6-9,17H,5H2,1-4H3,(H,22,26)(H,21,23,25). The normalized spacial score (nSPS) is 16.8. The van der Waals surface area contributed by atoms with E-state index < -0.39 is 6.04 Å². The number of methoxy groups -OCH3 is 1. The molecule has 0 aliphatic carbocycles. The summed E-state index contributed by atoms with van der Waals surface area (Å²) in [5.74, 6) is 1.08. The summed E-state index contributed by atoms with van der Waals surface area (Å²) in [6.07, 6.45) is 0. The minimum atomic E-state index is -0.684. The summed E-state index contributed by atoms with van der Waals surface area (Å²) >= 11 is 3.44. The predicted molar refractivity (Wildman–Crippen MR) is 107 cm³/mol. The molecule has 1 aromatic heterocycles. The molecule has 2 N–H and O–H groups in total. The molecule has 0 saturated heterocycles. The van der Waals surface area contributed by atoms with E-state index in [1.165, 1.54) is 4.90 Å². The first-order valence-electron chi connectivity index (χ1n) is 8.72. The van der Waals surface area contributed by atoms with Crippen molar-refractivity contribution in [3.8, 4) is 5.75 Å². The number of urea groups is 1. The molecule has 3 rings (SSSR count). The van der Waals surface area contributed by atoms with Crippen molar-refractivity contribution in [3.05, 3.63) is 51.3 Å². The van der Waals surface area contributed by atoms with Crippen molar-refractivity contribution in [2.45, 2.75) is 26.8 Å². The summed E-state index contributed by atoms with van der Waals surface area (Å²) in [4.78, 5) is 27.3. The van der Waals surface area contributed by atoms with Crippen LogP contribution in [0.3, 0.4) is 0 Å². The molecular formula is C19H21BrN4O4. The van der Waals surface area contributed by atoms with Gasteiger partial charge in [-0.3, -0.25) is 9.69 Å². The van der Waals surface area contributed by atoms with E-state index >= 15 is 0 Å². The third-order valence-corrected chi connectivity index (χ3v) is 5.02. The molecule has 1 atom stereocenters. The van der Waals surface area contributed by atoms with Gasteiger partial charge in [0.05, 0.1) is 18.7 Å². The van der Waals surface area contributed by atoms with Gasteiger partial charge in [0.15, 0.2) is 5.82 Å². The summed E-state index contributed by atoms with van der Waals surface area (Å²) < 4.78 is 11.3.